The van der Waals surface area contributed by atoms with Crippen molar-refractivity contribution in [3.05, 3.63) is 166 Å². The van der Waals surface area contributed by atoms with Crippen LogP contribution < -0.4 is 30.0 Å². The molecule has 7 unspecified atom stereocenters. The second-order valence-electron chi connectivity index (χ2n) is 17.5. The second-order valence-corrected chi connectivity index (χ2v) is 23.8. The van der Waals surface area contributed by atoms with Crippen LogP contribution in [0.2, 0.25) is 19.6 Å². The summed E-state index contributed by atoms with van der Waals surface area (Å²) in [4.78, 5) is 0. The minimum atomic E-state index is -0.981. The van der Waals surface area contributed by atoms with Crippen LogP contribution in [-0.2, 0) is 30.7 Å². The molecular formula is C50H60Cl2SiZr-2. The van der Waals surface area contributed by atoms with Crippen molar-refractivity contribution in [2.45, 2.75) is 81.5 Å². The SMILES string of the molecule is C[C-]1C2=C3Cc4ccccc4C3=C3C=CC(C)C(C)C3(C)C2(C)C(C)C(C)C1C.C[Si](C)(C)c1cc[cH-]c1.[Cl-].[Cl-].[Zr+2]=[C](c1ccccc1)c1ccccc1. The van der Waals surface area contributed by atoms with Gasteiger partial charge in [0, 0.05) is 13.5 Å². The monoisotopic (exact) mass is 848 g/mol. The van der Waals surface area contributed by atoms with Crippen LogP contribution in [-0.4, -0.2) is 11.3 Å². The van der Waals surface area contributed by atoms with E-state index in [0.29, 0.717) is 29.6 Å². The first-order valence-corrected chi connectivity index (χ1v) is 24.4. The topological polar surface area (TPSA) is 0 Å². The predicted octanol–water partition coefficient (Wildman–Crippen LogP) is 6.44. The van der Waals surface area contributed by atoms with E-state index in [2.05, 4.69) is 196 Å². The number of allylic oxidation sites excluding steroid dienone is 6. The van der Waals surface area contributed by atoms with Crippen LogP contribution in [0.1, 0.15) is 77.6 Å². The molecule has 4 heteroatoms. The standard InChI is InChI=1S/C29H37.C13H10.C8H13Si.2ClH.Zr/c1-16-13-14-25-26-23-12-10-9-11-22(23)15-24(26)27-19(4)17(2)18(3)21(6)29(27,8)28(25,7)20(16)5;1-3-7-12(8-4-1)11-13-9-5-2-6-10-13;1-9(2,3)8-6-4-5-7-8;;;/h9-14,16-18,20-21H,15H2,1-8H3;1-10H;4-7H,1-3H3;2*1H;/q-1;;-1;;;+2/p-2. The van der Waals surface area contributed by atoms with Crippen molar-refractivity contribution >= 4 is 22.0 Å². The van der Waals surface area contributed by atoms with Gasteiger partial charge in [-0.15, -0.1) is 6.92 Å². The van der Waals surface area contributed by atoms with E-state index < -0.39 is 8.07 Å². The molecule has 7 atom stereocenters. The van der Waals surface area contributed by atoms with Gasteiger partial charge in [-0.2, -0.15) is 29.3 Å². The molecule has 0 radical (unpaired) electrons. The number of fused-ring (bicyclic) bond motifs is 6. The third kappa shape index (κ3) is 7.69. The van der Waals surface area contributed by atoms with Gasteiger partial charge >= 0.3 is 99.2 Å². The van der Waals surface area contributed by atoms with Gasteiger partial charge in [-0.1, -0.05) is 134 Å². The number of benzene rings is 3. The maximum absolute atomic E-state index is 2.63. The molecular weight excluding hydrogens is 791 g/mol. The molecule has 1 fully saturated rings. The Kier molecular flexibility index (Phi) is 14.3. The fourth-order valence-corrected chi connectivity index (χ4v) is 12.1. The Balaban J connectivity index is 0.000000216. The zero-order chi connectivity index (χ0) is 37.6. The van der Waals surface area contributed by atoms with Crippen LogP contribution in [0.15, 0.2) is 138 Å². The summed E-state index contributed by atoms with van der Waals surface area (Å²) in [5, 5.41) is 1.56. The van der Waals surface area contributed by atoms with E-state index >= 15 is 0 Å². The number of hydrogen-bond acceptors (Lipinski definition) is 0. The molecule has 1 saturated carbocycles. The van der Waals surface area contributed by atoms with Crippen molar-refractivity contribution < 1.29 is 49.0 Å². The zero-order valence-corrected chi connectivity index (χ0v) is 39.4. The molecule has 0 aromatic heterocycles. The van der Waals surface area contributed by atoms with Gasteiger partial charge in [0.25, 0.3) is 0 Å². The number of halogens is 2. The molecule has 4 aliphatic carbocycles. The first kappa shape index (κ1) is 44.4. The Morgan fingerprint density at radius 3 is 1.83 bits per heavy atom. The summed E-state index contributed by atoms with van der Waals surface area (Å²) in [6.07, 6.45) is 6.12. The van der Waals surface area contributed by atoms with Gasteiger partial charge in [0.2, 0.25) is 0 Å². The Hall–Kier alpha value is -2.35. The fourth-order valence-electron chi connectivity index (χ4n) is 10.1. The molecule has 54 heavy (non-hydrogen) atoms. The summed E-state index contributed by atoms with van der Waals surface area (Å²) >= 11 is 1.46. The Morgan fingerprint density at radius 1 is 0.759 bits per heavy atom. The summed E-state index contributed by atoms with van der Waals surface area (Å²) in [5.41, 5.74) is 12.6. The van der Waals surface area contributed by atoms with E-state index in [1.54, 1.807) is 33.4 Å². The molecule has 4 aliphatic rings. The van der Waals surface area contributed by atoms with Gasteiger partial charge in [0.05, 0.1) is 0 Å². The second kappa shape index (κ2) is 17.4. The fraction of sp³-hybridized carbons (Fsp3) is 0.380. The Labute approximate surface area is 356 Å². The van der Waals surface area contributed by atoms with Gasteiger partial charge < -0.3 is 24.8 Å². The molecule has 0 amide bonds. The van der Waals surface area contributed by atoms with Crippen molar-refractivity contribution in [1.82, 2.24) is 0 Å². The molecule has 8 rings (SSSR count). The summed E-state index contributed by atoms with van der Waals surface area (Å²) in [6, 6.07) is 39.0. The van der Waals surface area contributed by atoms with E-state index in [1.165, 1.54) is 49.7 Å². The summed E-state index contributed by atoms with van der Waals surface area (Å²) in [7, 11) is -0.981. The molecule has 0 spiro atoms. The zero-order valence-electron chi connectivity index (χ0n) is 34.4. The van der Waals surface area contributed by atoms with Gasteiger partial charge in [-0.05, 0) is 34.7 Å². The van der Waals surface area contributed by atoms with Crippen LogP contribution in [0.25, 0.3) is 5.57 Å². The van der Waals surface area contributed by atoms with Crippen LogP contribution in [0, 0.1) is 46.3 Å². The predicted molar refractivity (Wildman–Crippen MR) is 225 cm³/mol. The number of rotatable bonds is 3. The van der Waals surface area contributed by atoms with Crippen LogP contribution in [0.4, 0.5) is 0 Å². The van der Waals surface area contributed by atoms with E-state index in [1.807, 2.05) is 0 Å². The molecule has 0 saturated heterocycles. The average Bonchev–Trinajstić information content (AvgIpc) is 3.83. The third-order valence-corrected chi connectivity index (χ3v) is 17.7. The van der Waals surface area contributed by atoms with Crippen molar-refractivity contribution in [3.8, 4) is 0 Å². The Morgan fingerprint density at radius 2 is 1.31 bits per heavy atom. The minimum absolute atomic E-state index is 0. The van der Waals surface area contributed by atoms with Crippen LogP contribution >= 0.6 is 0 Å². The molecule has 0 bridgehead atoms. The van der Waals surface area contributed by atoms with Crippen molar-refractivity contribution in [2.75, 3.05) is 0 Å². The van der Waals surface area contributed by atoms with Crippen molar-refractivity contribution in [3.63, 3.8) is 0 Å². The summed E-state index contributed by atoms with van der Waals surface area (Å²) < 4.78 is 1.42. The maximum atomic E-state index is 2.63. The summed E-state index contributed by atoms with van der Waals surface area (Å²) in [5.74, 6) is 4.93. The van der Waals surface area contributed by atoms with Gasteiger partial charge in [-0.25, -0.2) is 17.2 Å². The molecule has 4 aromatic rings. The Bertz CT molecular complexity index is 1940. The van der Waals surface area contributed by atoms with E-state index in [0.717, 1.165) is 6.42 Å². The third-order valence-electron chi connectivity index (χ3n) is 14.2. The normalized spacial score (nSPS) is 27.7. The van der Waals surface area contributed by atoms with E-state index in [9.17, 15) is 0 Å². The first-order valence-electron chi connectivity index (χ1n) is 19.6. The molecule has 0 heterocycles. The van der Waals surface area contributed by atoms with Gasteiger partial charge in [0.15, 0.2) is 0 Å². The quantitative estimate of drug-likeness (QED) is 0.165. The number of hydrogen-bond donors (Lipinski definition) is 0. The van der Waals surface area contributed by atoms with E-state index in [4.69, 9.17) is 0 Å². The van der Waals surface area contributed by atoms with Crippen LogP contribution in [0.5, 0.6) is 0 Å². The summed E-state index contributed by atoms with van der Waals surface area (Å²) in [6.45, 7) is 27.3. The van der Waals surface area contributed by atoms with Crippen LogP contribution in [0.3, 0.4) is 0 Å². The van der Waals surface area contributed by atoms with Gasteiger partial charge in [0.1, 0.15) is 0 Å². The molecule has 284 valence electrons. The molecule has 0 N–H and O–H groups in total. The molecule has 4 aromatic carbocycles. The van der Waals surface area contributed by atoms with E-state index in [-0.39, 0.29) is 35.6 Å². The molecule has 0 aliphatic heterocycles. The van der Waals surface area contributed by atoms with Crippen molar-refractivity contribution in [1.29, 1.82) is 0 Å². The van der Waals surface area contributed by atoms with Crippen molar-refractivity contribution in [2.24, 2.45) is 40.4 Å². The van der Waals surface area contributed by atoms with Gasteiger partial charge in [-0.3, -0.25) is 0 Å². The first-order chi connectivity index (χ1) is 24.6. The average molecular weight is 851 g/mol. The molecule has 0 nitrogen and oxygen atoms in total.